The van der Waals surface area contributed by atoms with Crippen molar-refractivity contribution in [1.29, 1.82) is 0 Å². The summed E-state index contributed by atoms with van der Waals surface area (Å²) in [4.78, 5) is 0. The Hall–Kier alpha value is -1.98. The number of hydrogen-bond donors (Lipinski definition) is 1. The van der Waals surface area contributed by atoms with Crippen LogP contribution in [0.1, 0.15) is 5.56 Å². The van der Waals surface area contributed by atoms with E-state index in [9.17, 15) is 8.78 Å². The molecule has 1 aromatic heterocycles. The first-order valence-corrected chi connectivity index (χ1v) is 4.71. The minimum absolute atomic E-state index is 0.0185. The second-order valence-electron chi connectivity index (χ2n) is 3.25. The van der Waals surface area contributed by atoms with Crippen LogP contribution >= 0.6 is 0 Å². The second-order valence-corrected chi connectivity index (χ2v) is 3.25. The Bertz CT molecular complexity index is 475. The fourth-order valence-corrected chi connectivity index (χ4v) is 1.34. The van der Waals surface area contributed by atoms with Crippen LogP contribution in [-0.2, 0) is 6.54 Å². The van der Waals surface area contributed by atoms with Crippen LogP contribution in [0.25, 0.3) is 0 Å². The monoisotopic (exact) mass is 224 g/mol. The van der Waals surface area contributed by atoms with E-state index in [1.54, 1.807) is 13.2 Å². The number of aromatic nitrogens is 3. The smallest absolute Gasteiger partial charge is 0.168 e. The number of benzene rings is 1. The van der Waals surface area contributed by atoms with Gasteiger partial charge in [0.05, 0.1) is 12.7 Å². The van der Waals surface area contributed by atoms with E-state index in [1.807, 2.05) is 0 Å². The third-order valence-corrected chi connectivity index (χ3v) is 2.18. The van der Waals surface area contributed by atoms with Gasteiger partial charge in [0.25, 0.3) is 0 Å². The Morgan fingerprint density at radius 1 is 1.31 bits per heavy atom. The van der Waals surface area contributed by atoms with Gasteiger partial charge < -0.3 is 5.32 Å². The van der Waals surface area contributed by atoms with Crippen molar-refractivity contribution >= 4 is 5.82 Å². The van der Waals surface area contributed by atoms with E-state index in [0.29, 0.717) is 5.82 Å². The third kappa shape index (κ3) is 2.00. The van der Waals surface area contributed by atoms with Gasteiger partial charge in [-0.05, 0) is 12.1 Å². The van der Waals surface area contributed by atoms with Gasteiger partial charge in [-0.15, -0.1) is 5.10 Å². The molecule has 2 rings (SSSR count). The molecule has 6 heteroatoms. The van der Waals surface area contributed by atoms with Gasteiger partial charge in [-0.1, -0.05) is 11.3 Å². The molecule has 0 unspecified atom stereocenters. The zero-order valence-corrected chi connectivity index (χ0v) is 8.61. The Morgan fingerprint density at radius 2 is 2.00 bits per heavy atom. The van der Waals surface area contributed by atoms with E-state index >= 15 is 0 Å². The average Bonchev–Trinajstić information content (AvgIpc) is 2.71. The highest BCUT2D eigenvalue weighted by molar-refractivity contribution is 5.28. The molecule has 1 aromatic carbocycles. The Balaban J connectivity index is 2.26. The molecule has 0 saturated carbocycles. The zero-order chi connectivity index (χ0) is 11.5. The lowest BCUT2D eigenvalue weighted by Crippen LogP contribution is -2.05. The standard InChI is InChI=1S/C10H10F2N4/c1-13-10-6-16(15-14-10)5-7-8(11)3-2-4-9(7)12/h2-4,6,13H,5H2,1H3. The van der Waals surface area contributed by atoms with Crippen molar-refractivity contribution < 1.29 is 8.78 Å². The number of nitrogens with zero attached hydrogens (tertiary/aromatic N) is 3. The molecule has 0 aliphatic carbocycles. The quantitative estimate of drug-likeness (QED) is 0.861. The van der Waals surface area contributed by atoms with E-state index in [1.165, 1.54) is 22.9 Å². The van der Waals surface area contributed by atoms with Crippen molar-refractivity contribution in [3.63, 3.8) is 0 Å². The summed E-state index contributed by atoms with van der Waals surface area (Å²) < 4.78 is 28.0. The van der Waals surface area contributed by atoms with Crippen molar-refractivity contribution in [3.05, 3.63) is 41.6 Å². The number of nitrogens with one attached hydrogen (secondary N) is 1. The van der Waals surface area contributed by atoms with Gasteiger partial charge in [0.1, 0.15) is 11.6 Å². The van der Waals surface area contributed by atoms with Crippen LogP contribution in [0, 0.1) is 11.6 Å². The minimum atomic E-state index is -0.582. The van der Waals surface area contributed by atoms with E-state index in [-0.39, 0.29) is 12.1 Å². The van der Waals surface area contributed by atoms with Gasteiger partial charge in [0, 0.05) is 12.6 Å². The maximum atomic E-state index is 13.3. The molecule has 0 saturated heterocycles. The van der Waals surface area contributed by atoms with E-state index < -0.39 is 11.6 Å². The Labute approximate surface area is 90.9 Å². The minimum Gasteiger partial charge on any atom is -0.370 e. The van der Waals surface area contributed by atoms with E-state index in [2.05, 4.69) is 15.6 Å². The lowest BCUT2D eigenvalue weighted by molar-refractivity contribution is 0.528. The summed E-state index contributed by atoms with van der Waals surface area (Å²) in [5, 5.41) is 10.3. The molecule has 0 atom stereocenters. The number of halogens is 2. The number of hydrogen-bond acceptors (Lipinski definition) is 3. The van der Waals surface area contributed by atoms with Crippen LogP contribution in [0.15, 0.2) is 24.4 Å². The lowest BCUT2D eigenvalue weighted by Gasteiger charge is -2.03. The van der Waals surface area contributed by atoms with Crippen LogP contribution < -0.4 is 5.32 Å². The molecular formula is C10H10F2N4. The summed E-state index contributed by atoms with van der Waals surface area (Å²) in [6.45, 7) is 0.0210. The molecule has 0 amide bonds. The summed E-state index contributed by atoms with van der Waals surface area (Å²) in [6.07, 6.45) is 1.58. The molecule has 0 bridgehead atoms. The average molecular weight is 224 g/mol. The number of rotatable bonds is 3. The van der Waals surface area contributed by atoms with E-state index in [4.69, 9.17) is 0 Å². The first-order valence-electron chi connectivity index (χ1n) is 4.71. The fourth-order valence-electron chi connectivity index (χ4n) is 1.34. The maximum Gasteiger partial charge on any atom is 0.168 e. The number of anilines is 1. The molecule has 1 heterocycles. The molecule has 16 heavy (non-hydrogen) atoms. The summed E-state index contributed by atoms with van der Waals surface area (Å²) in [5.74, 6) is -0.611. The van der Waals surface area contributed by atoms with Gasteiger partial charge in [-0.2, -0.15) is 0 Å². The first kappa shape index (κ1) is 10.5. The lowest BCUT2D eigenvalue weighted by atomic mass is 10.2. The van der Waals surface area contributed by atoms with Crippen LogP contribution in [0.5, 0.6) is 0 Å². The van der Waals surface area contributed by atoms with Gasteiger partial charge in [-0.3, -0.25) is 0 Å². The van der Waals surface area contributed by atoms with Crippen molar-refractivity contribution in [2.45, 2.75) is 6.54 Å². The Kier molecular flexibility index (Phi) is 2.80. The van der Waals surface area contributed by atoms with Gasteiger partial charge in [0.2, 0.25) is 0 Å². The molecule has 0 radical (unpaired) electrons. The summed E-state index contributed by atoms with van der Waals surface area (Å²) >= 11 is 0. The van der Waals surface area contributed by atoms with Crippen LogP contribution in [0.2, 0.25) is 0 Å². The zero-order valence-electron chi connectivity index (χ0n) is 8.61. The fraction of sp³-hybridized carbons (Fsp3) is 0.200. The predicted molar refractivity (Wildman–Crippen MR) is 55.0 cm³/mol. The summed E-state index contributed by atoms with van der Waals surface area (Å²) in [6, 6.07) is 3.76. The molecule has 1 N–H and O–H groups in total. The maximum absolute atomic E-state index is 13.3. The molecule has 0 aliphatic heterocycles. The van der Waals surface area contributed by atoms with Crippen molar-refractivity contribution in [2.75, 3.05) is 12.4 Å². The molecule has 4 nitrogen and oxygen atoms in total. The van der Waals surface area contributed by atoms with Crippen LogP contribution in [-0.4, -0.2) is 22.0 Å². The first-order chi connectivity index (χ1) is 7.70. The van der Waals surface area contributed by atoms with Gasteiger partial charge in [0.15, 0.2) is 5.82 Å². The van der Waals surface area contributed by atoms with Crippen molar-refractivity contribution in [1.82, 2.24) is 15.0 Å². The second kappa shape index (κ2) is 4.26. The van der Waals surface area contributed by atoms with Gasteiger partial charge in [-0.25, -0.2) is 13.5 Å². The highest BCUT2D eigenvalue weighted by atomic mass is 19.1. The predicted octanol–water partition coefficient (Wildman–Crippen LogP) is 1.65. The molecule has 0 aliphatic rings. The van der Waals surface area contributed by atoms with Crippen LogP contribution in [0.4, 0.5) is 14.6 Å². The van der Waals surface area contributed by atoms with E-state index in [0.717, 1.165) is 0 Å². The highest BCUT2D eigenvalue weighted by Crippen LogP contribution is 2.13. The highest BCUT2D eigenvalue weighted by Gasteiger charge is 2.09. The largest absolute Gasteiger partial charge is 0.370 e. The van der Waals surface area contributed by atoms with Crippen molar-refractivity contribution in [3.8, 4) is 0 Å². The molecule has 84 valence electrons. The molecule has 0 fully saturated rings. The van der Waals surface area contributed by atoms with Crippen molar-refractivity contribution in [2.24, 2.45) is 0 Å². The SMILES string of the molecule is CNc1cn(Cc2c(F)cccc2F)nn1. The topological polar surface area (TPSA) is 42.7 Å². The van der Waals surface area contributed by atoms with Gasteiger partial charge >= 0.3 is 0 Å². The summed E-state index contributed by atoms with van der Waals surface area (Å²) in [5.41, 5.74) is -0.0185. The molecule has 2 aromatic rings. The Morgan fingerprint density at radius 3 is 2.56 bits per heavy atom. The molecular weight excluding hydrogens is 214 g/mol. The van der Waals surface area contributed by atoms with Crippen LogP contribution in [0.3, 0.4) is 0 Å². The summed E-state index contributed by atoms with van der Waals surface area (Å²) in [7, 11) is 1.69. The molecule has 0 spiro atoms. The normalized spacial score (nSPS) is 10.4. The third-order valence-electron chi connectivity index (χ3n) is 2.18.